The molecule has 0 heterocycles. The molecule has 3 unspecified atom stereocenters. The van der Waals surface area contributed by atoms with Crippen molar-refractivity contribution in [1.82, 2.24) is 5.32 Å². The molecule has 1 nitrogen and oxygen atoms in total. The molecule has 19 heavy (non-hydrogen) atoms. The first kappa shape index (κ1) is 19.0. The normalized spacial score (nSPS) is 18.2. The molecule has 0 aliphatic carbocycles. The maximum atomic E-state index is 3.83. The van der Waals surface area contributed by atoms with Crippen LogP contribution in [0.4, 0.5) is 0 Å². The van der Waals surface area contributed by atoms with Crippen molar-refractivity contribution < 1.29 is 0 Å². The molecule has 1 heteroatoms. The lowest BCUT2D eigenvalue weighted by Crippen LogP contribution is -2.48. The highest BCUT2D eigenvalue weighted by Gasteiger charge is 2.27. The summed E-state index contributed by atoms with van der Waals surface area (Å²) in [5.74, 6) is 1.61. The van der Waals surface area contributed by atoms with Crippen molar-refractivity contribution in [3.8, 4) is 0 Å². The van der Waals surface area contributed by atoms with Gasteiger partial charge in [0.05, 0.1) is 0 Å². The van der Waals surface area contributed by atoms with Gasteiger partial charge >= 0.3 is 0 Å². The van der Waals surface area contributed by atoms with Gasteiger partial charge < -0.3 is 5.32 Å². The largest absolute Gasteiger partial charge is 0.309 e. The van der Waals surface area contributed by atoms with E-state index in [0.29, 0.717) is 11.5 Å². The second-order valence-corrected chi connectivity index (χ2v) is 8.56. The van der Waals surface area contributed by atoms with Gasteiger partial charge in [-0.1, -0.05) is 48.0 Å². The van der Waals surface area contributed by atoms with Gasteiger partial charge in [0.1, 0.15) is 0 Å². The lowest BCUT2D eigenvalue weighted by Gasteiger charge is -2.37. The number of hydrogen-bond acceptors (Lipinski definition) is 1. The summed E-state index contributed by atoms with van der Waals surface area (Å²) in [5.41, 5.74) is 0.684. The Balaban J connectivity index is 4.58. The summed E-state index contributed by atoms with van der Waals surface area (Å²) in [7, 11) is 0. The molecule has 116 valence electrons. The zero-order chi connectivity index (χ0) is 15.3. The molecule has 0 fully saturated rings. The molecule has 0 aliphatic rings. The van der Waals surface area contributed by atoms with Crippen LogP contribution in [0.15, 0.2) is 0 Å². The fraction of sp³-hybridized carbons (Fsp3) is 1.00. The van der Waals surface area contributed by atoms with Gasteiger partial charge in [-0.05, 0) is 57.3 Å². The molecular formula is C18H39N. The lowest BCUT2D eigenvalue weighted by atomic mass is 9.77. The number of nitrogens with one attached hydrogen (secondary N) is 1. The van der Waals surface area contributed by atoms with Gasteiger partial charge in [-0.15, -0.1) is 0 Å². The van der Waals surface area contributed by atoms with Gasteiger partial charge in [0.25, 0.3) is 0 Å². The van der Waals surface area contributed by atoms with Crippen LogP contribution in [0.2, 0.25) is 0 Å². The van der Waals surface area contributed by atoms with Crippen molar-refractivity contribution in [2.45, 2.75) is 99.6 Å². The van der Waals surface area contributed by atoms with Crippen molar-refractivity contribution in [2.75, 3.05) is 0 Å². The van der Waals surface area contributed by atoms with Crippen LogP contribution in [-0.4, -0.2) is 11.6 Å². The van der Waals surface area contributed by atoms with Crippen LogP contribution in [0.25, 0.3) is 0 Å². The van der Waals surface area contributed by atoms with Crippen LogP contribution in [0.1, 0.15) is 88.0 Å². The Morgan fingerprint density at radius 3 is 1.74 bits per heavy atom. The summed E-state index contributed by atoms with van der Waals surface area (Å²) < 4.78 is 0. The van der Waals surface area contributed by atoms with Gasteiger partial charge in [-0.25, -0.2) is 0 Å². The Kier molecular flexibility index (Phi) is 7.65. The molecule has 0 aromatic heterocycles. The minimum Gasteiger partial charge on any atom is -0.309 e. The van der Waals surface area contributed by atoms with Gasteiger partial charge in [0.15, 0.2) is 0 Å². The monoisotopic (exact) mass is 269 g/mol. The zero-order valence-electron chi connectivity index (χ0n) is 15.1. The predicted molar refractivity (Wildman–Crippen MR) is 88.6 cm³/mol. The molecule has 0 bridgehead atoms. The molecular weight excluding hydrogens is 230 g/mol. The Hall–Kier alpha value is -0.0400. The van der Waals surface area contributed by atoms with Crippen molar-refractivity contribution in [1.29, 1.82) is 0 Å². The number of hydrogen-bond donors (Lipinski definition) is 1. The molecule has 0 amide bonds. The van der Waals surface area contributed by atoms with Crippen molar-refractivity contribution in [2.24, 2.45) is 17.3 Å². The molecule has 0 saturated carbocycles. The van der Waals surface area contributed by atoms with Crippen molar-refractivity contribution in [3.63, 3.8) is 0 Å². The molecule has 0 radical (unpaired) electrons. The topological polar surface area (TPSA) is 12.0 Å². The van der Waals surface area contributed by atoms with E-state index < -0.39 is 0 Å². The first-order chi connectivity index (χ1) is 8.50. The highest BCUT2D eigenvalue weighted by molar-refractivity contribution is 4.84. The fourth-order valence-corrected chi connectivity index (χ4v) is 3.03. The van der Waals surface area contributed by atoms with Crippen LogP contribution in [0.3, 0.4) is 0 Å². The standard InChI is InChI=1S/C18H39N/c1-10-15(14(3)12-13-17(4,5)6)16(11-2)19-18(7,8)9/h14-16,19H,10-13H2,1-9H3. The van der Waals surface area contributed by atoms with E-state index in [4.69, 9.17) is 0 Å². The molecule has 3 atom stereocenters. The van der Waals surface area contributed by atoms with Crippen LogP contribution in [0, 0.1) is 17.3 Å². The van der Waals surface area contributed by atoms with Crippen molar-refractivity contribution in [3.05, 3.63) is 0 Å². The maximum absolute atomic E-state index is 3.83. The summed E-state index contributed by atoms with van der Waals surface area (Å²) in [4.78, 5) is 0. The summed E-state index contributed by atoms with van der Waals surface area (Å²) in [6.45, 7) is 21.0. The Morgan fingerprint density at radius 2 is 1.42 bits per heavy atom. The highest BCUT2D eigenvalue weighted by atomic mass is 15.0. The predicted octanol–water partition coefficient (Wildman–Crippen LogP) is 5.64. The van der Waals surface area contributed by atoms with E-state index in [1.165, 1.54) is 25.7 Å². The minimum absolute atomic E-state index is 0.220. The SMILES string of the molecule is CCC(NC(C)(C)C)C(CC)C(C)CCC(C)(C)C. The van der Waals surface area contributed by atoms with Gasteiger partial charge in [0.2, 0.25) is 0 Å². The fourth-order valence-electron chi connectivity index (χ4n) is 3.03. The van der Waals surface area contributed by atoms with Crippen LogP contribution in [-0.2, 0) is 0 Å². The maximum Gasteiger partial charge on any atom is 0.00999 e. The van der Waals surface area contributed by atoms with Crippen LogP contribution >= 0.6 is 0 Å². The molecule has 0 aromatic carbocycles. The molecule has 0 spiro atoms. The number of rotatable bonds is 7. The third-order valence-corrected chi connectivity index (χ3v) is 4.13. The molecule has 0 rings (SSSR count). The van der Waals surface area contributed by atoms with E-state index in [0.717, 1.165) is 11.8 Å². The summed E-state index contributed by atoms with van der Waals surface area (Å²) in [5, 5.41) is 3.83. The van der Waals surface area contributed by atoms with Crippen LogP contribution < -0.4 is 5.32 Å². The average molecular weight is 270 g/mol. The summed E-state index contributed by atoms with van der Waals surface area (Å²) >= 11 is 0. The van der Waals surface area contributed by atoms with E-state index >= 15 is 0 Å². The average Bonchev–Trinajstić information content (AvgIpc) is 2.23. The molecule has 0 saturated heterocycles. The van der Waals surface area contributed by atoms with Crippen LogP contribution in [0.5, 0.6) is 0 Å². The van der Waals surface area contributed by atoms with E-state index in [1.54, 1.807) is 0 Å². The smallest absolute Gasteiger partial charge is 0.00999 e. The van der Waals surface area contributed by atoms with Crippen molar-refractivity contribution >= 4 is 0 Å². The Labute approximate surface area is 122 Å². The highest BCUT2D eigenvalue weighted by Crippen LogP contribution is 2.31. The van der Waals surface area contributed by atoms with E-state index in [1.807, 2.05) is 0 Å². The zero-order valence-corrected chi connectivity index (χ0v) is 15.1. The second-order valence-electron chi connectivity index (χ2n) is 8.56. The molecule has 0 aliphatic heterocycles. The Bertz CT molecular complexity index is 231. The summed E-state index contributed by atoms with van der Waals surface area (Å²) in [6.07, 6.45) is 5.20. The third kappa shape index (κ3) is 8.68. The first-order valence-corrected chi connectivity index (χ1v) is 8.28. The quantitative estimate of drug-likeness (QED) is 0.630. The lowest BCUT2D eigenvalue weighted by molar-refractivity contribution is 0.188. The summed E-state index contributed by atoms with van der Waals surface area (Å²) in [6, 6.07) is 0.653. The first-order valence-electron chi connectivity index (χ1n) is 8.28. The van der Waals surface area contributed by atoms with Gasteiger partial charge in [-0.2, -0.15) is 0 Å². The molecule has 1 N–H and O–H groups in total. The minimum atomic E-state index is 0.220. The third-order valence-electron chi connectivity index (χ3n) is 4.13. The van der Waals surface area contributed by atoms with Gasteiger partial charge in [0, 0.05) is 11.6 Å². The van der Waals surface area contributed by atoms with Gasteiger partial charge in [-0.3, -0.25) is 0 Å². The Morgan fingerprint density at radius 1 is 0.895 bits per heavy atom. The van der Waals surface area contributed by atoms with E-state index in [9.17, 15) is 0 Å². The molecule has 0 aromatic rings. The van der Waals surface area contributed by atoms with E-state index in [-0.39, 0.29) is 5.54 Å². The van der Waals surface area contributed by atoms with E-state index in [2.05, 4.69) is 67.6 Å². The second kappa shape index (κ2) is 7.67.